The van der Waals surface area contributed by atoms with Crippen LogP contribution in [0, 0.1) is 0 Å². The number of ether oxygens (including phenoxy) is 1. The smallest absolute Gasteiger partial charge is 0.124 e. The van der Waals surface area contributed by atoms with Crippen molar-refractivity contribution >= 4 is 0 Å². The number of rotatable bonds is 7. The lowest BCUT2D eigenvalue weighted by atomic mass is 9.91. The summed E-state index contributed by atoms with van der Waals surface area (Å²) in [5.41, 5.74) is -0.00586. The van der Waals surface area contributed by atoms with Crippen LogP contribution in [0.4, 0.5) is 0 Å². The number of benzene rings is 1. The summed E-state index contributed by atoms with van der Waals surface area (Å²) in [4.78, 5) is 0. The Bertz CT molecular complexity index is 337. The molecule has 0 aromatic heterocycles. The van der Waals surface area contributed by atoms with Crippen LogP contribution in [0.3, 0.4) is 0 Å². The molecule has 1 aromatic rings. The van der Waals surface area contributed by atoms with Crippen LogP contribution in [0.15, 0.2) is 24.3 Å². The minimum absolute atomic E-state index is 0.674. The monoisotopic (exact) mass is 237 g/mol. The molecule has 1 atom stereocenters. The molecule has 0 spiro atoms. The SMILES string of the molecule is CCCNCCC(C)(O)c1ccccc1OC. The van der Waals surface area contributed by atoms with Crippen LogP contribution < -0.4 is 10.1 Å². The second-order valence-electron chi connectivity index (χ2n) is 4.47. The molecule has 0 radical (unpaired) electrons. The highest BCUT2D eigenvalue weighted by molar-refractivity contribution is 5.37. The van der Waals surface area contributed by atoms with Crippen LogP contribution in [-0.2, 0) is 5.60 Å². The molecule has 0 saturated heterocycles. The maximum atomic E-state index is 10.5. The molecule has 96 valence electrons. The Kier molecular flexibility index (Phi) is 5.45. The molecule has 0 aliphatic carbocycles. The lowest BCUT2D eigenvalue weighted by Crippen LogP contribution is -2.28. The van der Waals surface area contributed by atoms with Crippen molar-refractivity contribution in [2.75, 3.05) is 20.2 Å². The van der Waals surface area contributed by atoms with E-state index < -0.39 is 5.60 Å². The van der Waals surface area contributed by atoms with Crippen molar-refractivity contribution < 1.29 is 9.84 Å². The van der Waals surface area contributed by atoms with Crippen molar-refractivity contribution in [1.29, 1.82) is 0 Å². The number of hydrogen-bond donors (Lipinski definition) is 2. The van der Waals surface area contributed by atoms with Crippen molar-refractivity contribution in [1.82, 2.24) is 5.32 Å². The zero-order chi connectivity index (χ0) is 12.7. The van der Waals surface area contributed by atoms with Gasteiger partial charge in [0.1, 0.15) is 5.75 Å². The summed E-state index contributed by atoms with van der Waals surface area (Å²) in [7, 11) is 1.63. The van der Waals surface area contributed by atoms with E-state index in [0.29, 0.717) is 6.42 Å². The van der Waals surface area contributed by atoms with Gasteiger partial charge in [0.05, 0.1) is 12.7 Å². The van der Waals surface area contributed by atoms with Crippen LogP contribution in [0.1, 0.15) is 32.3 Å². The molecule has 3 heteroatoms. The predicted octanol–water partition coefficient (Wildman–Crippen LogP) is 2.29. The van der Waals surface area contributed by atoms with E-state index in [-0.39, 0.29) is 0 Å². The van der Waals surface area contributed by atoms with Gasteiger partial charge >= 0.3 is 0 Å². The maximum Gasteiger partial charge on any atom is 0.124 e. The lowest BCUT2D eigenvalue weighted by Gasteiger charge is -2.25. The number of nitrogens with one attached hydrogen (secondary N) is 1. The summed E-state index contributed by atoms with van der Waals surface area (Å²) < 4.78 is 5.28. The largest absolute Gasteiger partial charge is 0.496 e. The topological polar surface area (TPSA) is 41.5 Å². The average molecular weight is 237 g/mol. The van der Waals surface area contributed by atoms with Crippen molar-refractivity contribution in [3.63, 3.8) is 0 Å². The molecular formula is C14H23NO2. The molecule has 2 N–H and O–H groups in total. The Balaban J connectivity index is 2.67. The van der Waals surface area contributed by atoms with Gasteiger partial charge in [-0.25, -0.2) is 0 Å². The highest BCUT2D eigenvalue weighted by Crippen LogP contribution is 2.31. The number of para-hydroxylation sites is 1. The van der Waals surface area contributed by atoms with Gasteiger partial charge in [0.15, 0.2) is 0 Å². The van der Waals surface area contributed by atoms with Gasteiger partial charge in [-0.15, -0.1) is 0 Å². The van der Waals surface area contributed by atoms with E-state index in [1.807, 2.05) is 31.2 Å². The molecule has 3 nitrogen and oxygen atoms in total. The maximum absolute atomic E-state index is 10.5. The first-order valence-corrected chi connectivity index (χ1v) is 6.18. The van der Waals surface area contributed by atoms with Gasteiger partial charge in [-0.3, -0.25) is 0 Å². The summed E-state index contributed by atoms with van der Waals surface area (Å²) in [6.07, 6.45) is 1.78. The standard InChI is InChI=1S/C14H23NO2/c1-4-10-15-11-9-14(2,16)12-7-5-6-8-13(12)17-3/h5-8,15-16H,4,9-11H2,1-3H3. The van der Waals surface area contributed by atoms with Crippen LogP contribution in [-0.4, -0.2) is 25.3 Å². The summed E-state index contributed by atoms with van der Waals surface area (Å²) in [5.74, 6) is 0.744. The molecule has 1 aromatic carbocycles. The van der Waals surface area contributed by atoms with Crippen molar-refractivity contribution in [3.8, 4) is 5.75 Å². The molecular weight excluding hydrogens is 214 g/mol. The van der Waals surface area contributed by atoms with Gasteiger partial charge in [0.2, 0.25) is 0 Å². The fourth-order valence-electron chi connectivity index (χ4n) is 1.86. The van der Waals surface area contributed by atoms with Gasteiger partial charge < -0.3 is 15.2 Å². The van der Waals surface area contributed by atoms with E-state index >= 15 is 0 Å². The average Bonchev–Trinajstić information content (AvgIpc) is 2.34. The minimum Gasteiger partial charge on any atom is -0.496 e. The third kappa shape index (κ3) is 4.02. The normalized spacial score (nSPS) is 14.4. The molecule has 0 heterocycles. The number of methoxy groups -OCH3 is 1. The molecule has 0 aliphatic heterocycles. The van der Waals surface area contributed by atoms with Crippen LogP contribution >= 0.6 is 0 Å². The van der Waals surface area contributed by atoms with Crippen LogP contribution in [0.25, 0.3) is 0 Å². The van der Waals surface area contributed by atoms with Gasteiger partial charge in [0.25, 0.3) is 0 Å². The van der Waals surface area contributed by atoms with Gasteiger partial charge in [-0.1, -0.05) is 25.1 Å². The number of hydrogen-bond acceptors (Lipinski definition) is 3. The highest BCUT2D eigenvalue weighted by atomic mass is 16.5. The van der Waals surface area contributed by atoms with E-state index in [0.717, 1.165) is 30.8 Å². The van der Waals surface area contributed by atoms with E-state index in [9.17, 15) is 5.11 Å². The summed E-state index contributed by atoms with van der Waals surface area (Å²) in [6.45, 7) is 5.75. The summed E-state index contributed by atoms with van der Waals surface area (Å²) in [5, 5.41) is 13.8. The second kappa shape index (κ2) is 6.62. The van der Waals surface area contributed by atoms with Crippen molar-refractivity contribution in [3.05, 3.63) is 29.8 Å². The van der Waals surface area contributed by atoms with Crippen molar-refractivity contribution in [2.24, 2.45) is 0 Å². The van der Waals surface area contributed by atoms with Gasteiger partial charge in [-0.05, 0) is 38.9 Å². The van der Waals surface area contributed by atoms with Gasteiger partial charge in [-0.2, -0.15) is 0 Å². The fraction of sp³-hybridized carbons (Fsp3) is 0.571. The highest BCUT2D eigenvalue weighted by Gasteiger charge is 2.25. The van der Waals surface area contributed by atoms with E-state index in [1.54, 1.807) is 7.11 Å². The van der Waals surface area contributed by atoms with E-state index in [1.165, 1.54) is 0 Å². The first kappa shape index (κ1) is 14.0. The third-order valence-electron chi connectivity index (χ3n) is 2.90. The quantitative estimate of drug-likeness (QED) is 0.715. The Labute approximate surface area is 104 Å². The molecule has 0 saturated carbocycles. The van der Waals surface area contributed by atoms with Crippen molar-refractivity contribution in [2.45, 2.75) is 32.3 Å². The predicted molar refractivity (Wildman–Crippen MR) is 70.3 cm³/mol. The first-order chi connectivity index (χ1) is 8.11. The Morgan fingerprint density at radius 3 is 2.65 bits per heavy atom. The van der Waals surface area contributed by atoms with E-state index in [4.69, 9.17) is 4.74 Å². The Hall–Kier alpha value is -1.06. The summed E-state index contributed by atoms with van der Waals surface area (Å²) >= 11 is 0. The molecule has 17 heavy (non-hydrogen) atoms. The number of aliphatic hydroxyl groups is 1. The molecule has 0 bridgehead atoms. The second-order valence-corrected chi connectivity index (χ2v) is 4.47. The molecule has 0 aliphatic rings. The van der Waals surface area contributed by atoms with E-state index in [2.05, 4.69) is 12.2 Å². The molecule has 1 rings (SSSR count). The molecule has 1 unspecified atom stereocenters. The zero-order valence-electron chi connectivity index (χ0n) is 11.0. The lowest BCUT2D eigenvalue weighted by molar-refractivity contribution is 0.0455. The third-order valence-corrected chi connectivity index (χ3v) is 2.90. The Morgan fingerprint density at radius 2 is 2.00 bits per heavy atom. The van der Waals surface area contributed by atoms with Gasteiger partial charge in [0, 0.05) is 5.56 Å². The van der Waals surface area contributed by atoms with Crippen LogP contribution in [0.5, 0.6) is 5.75 Å². The Morgan fingerprint density at radius 1 is 1.29 bits per heavy atom. The van der Waals surface area contributed by atoms with Crippen LogP contribution in [0.2, 0.25) is 0 Å². The first-order valence-electron chi connectivity index (χ1n) is 6.18. The zero-order valence-corrected chi connectivity index (χ0v) is 11.0. The molecule has 0 amide bonds. The fourth-order valence-corrected chi connectivity index (χ4v) is 1.86. The minimum atomic E-state index is -0.854. The molecule has 0 fully saturated rings. The summed E-state index contributed by atoms with van der Waals surface area (Å²) in [6, 6.07) is 7.63.